The first kappa shape index (κ1) is 31.0. The summed E-state index contributed by atoms with van der Waals surface area (Å²) in [6.07, 6.45) is 2.85. The maximum absolute atomic E-state index is 2.61. The molecule has 0 radical (unpaired) electrons. The molecule has 0 spiro atoms. The van der Waals surface area contributed by atoms with Gasteiger partial charge in [0.2, 0.25) is 0 Å². The summed E-state index contributed by atoms with van der Waals surface area (Å²) in [5.74, 6) is 0. The highest BCUT2D eigenvalue weighted by Gasteiger charge is 2.38. The van der Waals surface area contributed by atoms with Gasteiger partial charge in [-0.3, -0.25) is 0 Å². The smallest absolute Gasteiger partial charge is 0.0540 e. The second kappa shape index (κ2) is 11.3. The number of para-hydroxylation sites is 1. The Hall–Kier alpha value is -6.44. The van der Waals surface area contributed by atoms with E-state index in [0.717, 1.165) is 19.3 Å². The molecule has 0 atom stereocenters. The molecular formula is C54H39N. The van der Waals surface area contributed by atoms with Gasteiger partial charge in [-0.05, 0) is 132 Å². The predicted molar refractivity (Wildman–Crippen MR) is 229 cm³/mol. The molecular weight excluding hydrogens is 663 g/mol. The normalized spacial score (nSPS) is 14.3. The van der Waals surface area contributed by atoms with E-state index in [0.29, 0.717) is 0 Å². The summed E-state index contributed by atoms with van der Waals surface area (Å²) in [4.78, 5) is 2.61. The number of rotatable bonds is 4. The molecule has 8 aromatic carbocycles. The highest BCUT2D eigenvalue weighted by molar-refractivity contribution is 6.03. The van der Waals surface area contributed by atoms with Gasteiger partial charge < -0.3 is 4.90 Å². The molecule has 4 aliphatic carbocycles. The van der Waals surface area contributed by atoms with Crippen LogP contribution < -0.4 is 4.90 Å². The lowest BCUT2D eigenvalue weighted by Gasteiger charge is -2.32. The van der Waals surface area contributed by atoms with E-state index < -0.39 is 0 Å². The largest absolute Gasteiger partial charge is 0.310 e. The van der Waals surface area contributed by atoms with Crippen molar-refractivity contribution in [3.8, 4) is 55.6 Å². The maximum atomic E-state index is 2.61. The number of hydrogen-bond acceptors (Lipinski definition) is 1. The van der Waals surface area contributed by atoms with Crippen LogP contribution in [0.3, 0.4) is 0 Å². The molecule has 0 saturated heterocycles. The van der Waals surface area contributed by atoms with E-state index in [-0.39, 0.29) is 5.41 Å². The van der Waals surface area contributed by atoms with E-state index in [1.54, 1.807) is 0 Å². The molecule has 260 valence electrons. The molecule has 8 aromatic rings. The molecule has 0 fully saturated rings. The molecule has 0 aromatic heterocycles. The molecule has 1 nitrogen and oxygen atoms in total. The Morgan fingerprint density at radius 2 is 1.02 bits per heavy atom. The van der Waals surface area contributed by atoms with Crippen molar-refractivity contribution >= 4 is 17.1 Å². The van der Waals surface area contributed by atoms with E-state index in [2.05, 4.69) is 183 Å². The summed E-state index contributed by atoms with van der Waals surface area (Å²) >= 11 is 0. The minimum atomic E-state index is -0.109. The Bertz CT molecular complexity index is 2930. The molecule has 0 amide bonds. The van der Waals surface area contributed by atoms with Crippen LogP contribution in [0.5, 0.6) is 0 Å². The van der Waals surface area contributed by atoms with Crippen LogP contribution in [0.25, 0.3) is 55.6 Å². The second-order valence-electron chi connectivity index (χ2n) is 16.4. The first-order valence-corrected chi connectivity index (χ1v) is 19.7. The molecule has 0 heterocycles. The summed E-state index contributed by atoms with van der Waals surface area (Å²) in [7, 11) is 0. The zero-order chi connectivity index (χ0) is 36.4. The van der Waals surface area contributed by atoms with Crippen LogP contribution in [0.2, 0.25) is 0 Å². The van der Waals surface area contributed by atoms with Crippen LogP contribution in [0.4, 0.5) is 17.1 Å². The van der Waals surface area contributed by atoms with Crippen LogP contribution in [0.15, 0.2) is 164 Å². The Morgan fingerprint density at radius 3 is 1.85 bits per heavy atom. The Kier molecular flexibility index (Phi) is 6.36. The van der Waals surface area contributed by atoms with E-state index in [1.807, 2.05) is 0 Å². The highest BCUT2D eigenvalue weighted by Crippen LogP contribution is 2.58. The van der Waals surface area contributed by atoms with Gasteiger partial charge in [0.25, 0.3) is 0 Å². The first-order valence-electron chi connectivity index (χ1n) is 19.7. The molecule has 55 heavy (non-hydrogen) atoms. The minimum absolute atomic E-state index is 0.109. The zero-order valence-corrected chi connectivity index (χ0v) is 31.2. The quantitative estimate of drug-likeness (QED) is 0.177. The summed E-state index contributed by atoms with van der Waals surface area (Å²) in [6.45, 7) is 4.78. The fourth-order valence-corrected chi connectivity index (χ4v) is 10.7. The number of hydrogen-bond donors (Lipinski definition) is 0. The third-order valence-electron chi connectivity index (χ3n) is 13.1. The Morgan fingerprint density at radius 1 is 0.382 bits per heavy atom. The average molecular weight is 702 g/mol. The van der Waals surface area contributed by atoms with Crippen molar-refractivity contribution in [1.82, 2.24) is 0 Å². The third kappa shape index (κ3) is 4.30. The summed E-state index contributed by atoms with van der Waals surface area (Å²) < 4.78 is 0. The van der Waals surface area contributed by atoms with Crippen LogP contribution in [0, 0.1) is 0 Å². The Balaban J connectivity index is 1.14. The fraction of sp³-hybridized carbons (Fsp3) is 0.111. The van der Waals surface area contributed by atoms with Crippen molar-refractivity contribution in [1.29, 1.82) is 0 Å². The lowest BCUT2D eigenvalue weighted by atomic mass is 9.82. The van der Waals surface area contributed by atoms with Crippen molar-refractivity contribution in [2.24, 2.45) is 0 Å². The lowest BCUT2D eigenvalue weighted by Crippen LogP contribution is -2.17. The van der Waals surface area contributed by atoms with Crippen LogP contribution in [-0.4, -0.2) is 0 Å². The van der Waals surface area contributed by atoms with E-state index in [9.17, 15) is 0 Å². The first-order chi connectivity index (χ1) is 27.0. The SMILES string of the molecule is CC1(C)c2ccccc2-c2ccc(N(c3ccccc3-c3ccccc3)c3cc4c(c5c3Cc3ccccc3-5)-c3c(ccc5c3Cc3ccccc3-5)C4)cc21. The number of benzene rings is 8. The van der Waals surface area contributed by atoms with E-state index >= 15 is 0 Å². The van der Waals surface area contributed by atoms with Gasteiger partial charge in [0, 0.05) is 23.1 Å². The van der Waals surface area contributed by atoms with Crippen LogP contribution in [-0.2, 0) is 24.7 Å². The van der Waals surface area contributed by atoms with Crippen molar-refractivity contribution in [3.63, 3.8) is 0 Å². The van der Waals surface area contributed by atoms with Crippen molar-refractivity contribution in [3.05, 3.63) is 208 Å². The molecule has 0 N–H and O–H groups in total. The van der Waals surface area contributed by atoms with Crippen LogP contribution in [0.1, 0.15) is 58.4 Å². The second-order valence-corrected chi connectivity index (χ2v) is 16.4. The van der Waals surface area contributed by atoms with Crippen molar-refractivity contribution < 1.29 is 0 Å². The topological polar surface area (TPSA) is 3.24 Å². The standard InChI is InChI=1S/C54H39N/c1-54(2)47-22-12-10-21-43(47)44-27-25-38(32-48(44)54)55(49-23-13-11-19-40(49)33-14-4-3-5-15-33)50-31-37-28-36-24-26-42-39-18-8-6-16-34(39)29-45(42)51(36)52(37)53-41-20-9-7-17-35(41)30-46(50)53/h3-27,31-32H,28-30H2,1-2H3. The fourth-order valence-electron chi connectivity index (χ4n) is 10.7. The monoisotopic (exact) mass is 701 g/mol. The molecule has 0 bridgehead atoms. The third-order valence-corrected chi connectivity index (χ3v) is 13.1. The zero-order valence-electron chi connectivity index (χ0n) is 31.2. The van der Waals surface area contributed by atoms with Crippen molar-refractivity contribution in [2.45, 2.75) is 38.5 Å². The Labute approximate surface area is 323 Å². The molecule has 0 unspecified atom stereocenters. The predicted octanol–water partition coefficient (Wildman–Crippen LogP) is 13.8. The molecule has 4 aliphatic rings. The van der Waals surface area contributed by atoms with Gasteiger partial charge in [-0.25, -0.2) is 0 Å². The van der Waals surface area contributed by atoms with Crippen LogP contribution >= 0.6 is 0 Å². The summed E-state index contributed by atoms with van der Waals surface area (Å²) in [6, 6.07) is 61.8. The lowest BCUT2D eigenvalue weighted by molar-refractivity contribution is 0.660. The van der Waals surface area contributed by atoms with Crippen molar-refractivity contribution in [2.75, 3.05) is 4.90 Å². The van der Waals surface area contributed by atoms with Gasteiger partial charge in [-0.1, -0.05) is 153 Å². The number of nitrogens with zero attached hydrogens (tertiary/aromatic N) is 1. The molecule has 1 heteroatoms. The maximum Gasteiger partial charge on any atom is 0.0540 e. The minimum Gasteiger partial charge on any atom is -0.310 e. The van der Waals surface area contributed by atoms with Gasteiger partial charge in [0.1, 0.15) is 0 Å². The highest BCUT2D eigenvalue weighted by atomic mass is 15.1. The number of fused-ring (bicyclic) bond motifs is 14. The van der Waals surface area contributed by atoms with Gasteiger partial charge in [-0.15, -0.1) is 0 Å². The van der Waals surface area contributed by atoms with Gasteiger partial charge in [-0.2, -0.15) is 0 Å². The molecule has 0 saturated carbocycles. The number of anilines is 3. The van der Waals surface area contributed by atoms with E-state index in [1.165, 1.54) is 117 Å². The average Bonchev–Trinajstić information content (AvgIpc) is 3.97. The van der Waals surface area contributed by atoms with E-state index in [4.69, 9.17) is 0 Å². The molecule has 0 aliphatic heterocycles. The summed E-state index contributed by atoms with van der Waals surface area (Å²) in [5.41, 5.74) is 28.8. The molecule has 12 rings (SSSR count). The van der Waals surface area contributed by atoms with Gasteiger partial charge in [0.05, 0.1) is 11.4 Å². The van der Waals surface area contributed by atoms with Gasteiger partial charge in [0.15, 0.2) is 0 Å². The summed E-state index contributed by atoms with van der Waals surface area (Å²) in [5, 5.41) is 0. The van der Waals surface area contributed by atoms with Gasteiger partial charge >= 0.3 is 0 Å².